The minimum atomic E-state index is -0.668. The Balaban J connectivity index is 3.40. The Labute approximate surface area is 476 Å². The van der Waals surface area contributed by atoms with Gasteiger partial charge in [-0.1, -0.05) is 347 Å². The van der Waals surface area contributed by atoms with Gasteiger partial charge in [0, 0.05) is 12.8 Å². The number of hydrogen-bond acceptors (Lipinski definition) is 5. The van der Waals surface area contributed by atoms with Crippen LogP contribution in [-0.4, -0.2) is 47.4 Å². The van der Waals surface area contributed by atoms with Crippen LogP contribution >= 0.6 is 0 Å². The number of carbonyl (C=O) groups excluding carboxylic acids is 2. The van der Waals surface area contributed by atoms with Crippen molar-refractivity contribution in [1.29, 1.82) is 0 Å². The fraction of sp³-hybridized carbons (Fsp3) is 0.943. The Morgan fingerprint density at radius 3 is 0.934 bits per heavy atom. The molecule has 0 aliphatic heterocycles. The Morgan fingerprint density at radius 2 is 0.618 bits per heavy atom. The van der Waals surface area contributed by atoms with Crippen molar-refractivity contribution in [2.24, 2.45) is 0 Å². The van der Waals surface area contributed by atoms with Gasteiger partial charge in [0.15, 0.2) is 0 Å². The van der Waals surface area contributed by atoms with Gasteiger partial charge < -0.3 is 20.3 Å². The summed E-state index contributed by atoms with van der Waals surface area (Å²) < 4.78 is 5.47. The van der Waals surface area contributed by atoms with Crippen LogP contribution in [-0.2, 0) is 14.3 Å². The van der Waals surface area contributed by atoms with E-state index < -0.39 is 12.1 Å². The summed E-state index contributed by atoms with van der Waals surface area (Å²) in [5, 5.41) is 23.4. The largest absolute Gasteiger partial charge is 0.466 e. The lowest BCUT2D eigenvalue weighted by Gasteiger charge is -2.22. The van der Waals surface area contributed by atoms with E-state index in [4.69, 9.17) is 4.74 Å². The fourth-order valence-electron chi connectivity index (χ4n) is 11.2. The maximum Gasteiger partial charge on any atom is 0.305 e. The second-order valence-electron chi connectivity index (χ2n) is 24.2. The fourth-order valence-corrected chi connectivity index (χ4v) is 11.2. The van der Waals surface area contributed by atoms with Crippen LogP contribution in [0.15, 0.2) is 12.2 Å². The zero-order valence-electron chi connectivity index (χ0n) is 51.8. The molecule has 6 nitrogen and oxygen atoms in total. The Morgan fingerprint density at radius 1 is 0.355 bits per heavy atom. The van der Waals surface area contributed by atoms with Gasteiger partial charge in [-0.15, -0.1) is 0 Å². The molecule has 0 aliphatic carbocycles. The van der Waals surface area contributed by atoms with Crippen molar-refractivity contribution in [3.8, 4) is 0 Å². The first-order valence-corrected chi connectivity index (χ1v) is 34.9. The van der Waals surface area contributed by atoms with E-state index >= 15 is 0 Å². The highest BCUT2D eigenvalue weighted by Gasteiger charge is 2.20. The number of ether oxygens (including phenoxy) is 1. The van der Waals surface area contributed by atoms with Crippen LogP contribution in [0.2, 0.25) is 0 Å². The molecule has 0 heterocycles. The number of aliphatic hydroxyl groups excluding tert-OH is 2. The molecule has 0 aromatic rings. The van der Waals surface area contributed by atoms with E-state index in [-0.39, 0.29) is 18.5 Å². The number of amides is 1. The van der Waals surface area contributed by atoms with Crippen LogP contribution < -0.4 is 5.32 Å². The summed E-state index contributed by atoms with van der Waals surface area (Å²) in [5.74, 6) is -0.0210. The first-order chi connectivity index (χ1) is 37.5. The molecule has 0 saturated heterocycles. The number of allylic oxidation sites excluding steroid dienone is 2. The molecule has 452 valence electrons. The Kier molecular flexibility index (Phi) is 64.9. The number of aliphatic hydroxyl groups is 2. The van der Waals surface area contributed by atoms with E-state index in [2.05, 4.69) is 31.3 Å². The van der Waals surface area contributed by atoms with E-state index in [1.165, 1.54) is 327 Å². The summed E-state index contributed by atoms with van der Waals surface area (Å²) >= 11 is 0. The number of nitrogens with one attached hydrogen (secondary N) is 1. The highest BCUT2D eigenvalue weighted by atomic mass is 16.5. The monoisotopic (exact) mass is 1070 g/mol. The lowest BCUT2D eigenvalue weighted by Crippen LogP contribution is -2.45. The molecular formula is C70H137NO5. The van der Waals surface area contributed by atoms with Crippen LogP contribution in [0.5, 0.6) is 0 Å². The average molecular weight is 1070 g/mol. The summed E-state index contributed by atoms with van der Waals surface area (Å²) in [4.78, 5) is 24.6. The van der Waals surface area contributed by atoms with Gasteiger partial charge in [-0.2, -0.15) is 0 Å². The molecule has 6 heteroatoms. The van der Waals surface area contributed by atoms with Gasteiger partial charge in [-0.3, -0.25) is 9.59 Å². The average Bonchev–Trinajstić information content (AvgIpc) is 3.42. The van der Waals surface area contributed by atoms with Crippen molar-refractivity contribution >= 4 is 11.9 Å². The molecule has 0 radical (unpaired) electrons. The molecule has 0 aromatic carbocycles. The maximum atomic E-state index is 12.5. The predicted octanol–water partition coefficient (Wildman–Crippen LogP) is 22.4. The molecule has 0 rings (SSSR count). The molecule has 0 aliphatic rings. The van der Waals surface area contributed by atoms with Gasteiger partial charge in [0.1, 0.15) is 0 Å². The zero-order valence-corrected chi connectivity index (χ0v) is 51.8. The summed E-state index contributed by atoms with van der Waals surface area (Å²) in [5.41, 5.74) is 0. The first-order valence-electron chi connectivity index (χ1n) is 34.9. The SMILES string of the molecule is CCCCCCCCCCCCCCCCCCCCCCCCCCC(O)C(CO)NC(=O)CCCCCCCCCC/C=C\CCCCCCCCCCCCCCOC(=O)CCCCCCCCCCCCC. The smallest absolute Gasteiger partial charge is 0.305 e. The van der Waals surface area contributed by atoms with Gasteiger partial charge >= 0.3 is 5.97 Å². The minimum Gasteiger partial charge on any atom is -0.466 e. The van der Waals surface area contributed by atoms with Crippen molar-refractivity contribution in [3.63, 3.8) is 0 Å². The van der Waals surface area contributed by atoms with Crippen molar-refractivity contribution in [2.45, 2.75) is 411 Å². The molecule has 3 N–H and O–H groups in total. The molecule has 0 fully saturated rings. The van der Waals surface area contributed by atoms with Crippen molar-refractivity contribution in [2.75, 3.05) is 13.2 Å². The number of hydrogen-bond donors (Lipinski definition) is 3. The Hall–Kier alpha value is -1.40. The normalized spacial score (nSPS) is 12.5. The Bertz CT molecular complexity index is 1140. The van der Waals surface area contributed by atoms with Crippen LogP contribution in [0.3, 0.4) is 0 Å². The van der Waals surface area contributed by atoms with Crippen LogP contribution in [0.1, 0.15) is 399 Å². The van der Waals surface area contributed by atoms with Crippen LogP contribution in [0.4, 0.5) is 0 Å². The van der Waals surface area contributed by atoms with E-state index in [1.807, 2.05) is 0 Å². The quantitative estimate of drug-likeness (QED) is 0.0320. The van der Waals surface area contributed by atoms with Gasteiger partial charge in [0.25, 0.3) is 0 Å². The minimum absolute atomic E-state index is 0.0133. The zero-order chi connectivity index (χ0) is 55.0. The first kappa shape index (κ1) is 74.6. The number of rotatable bonds is 66. The van der Waals surface area contributed by atoms with Gasteiger partial charge in [-0.25, -0.2) is 0 Å². The standard InChI is InChI=1S/C70H137NO5/c1-3-5-7-9-11-13-15-16-17-18-19-20-21-24-27-30-33-36-39-43-46-50-54-58-62-68(73)67(66-72)71-69(74)63-59-55-51-47-44-40-37-34-31-28-25-22-23-26-29-32-35-38-41-45-49-53-57-61-65-76-70(75)64-60-56-52-48-42-14-12-10-8-6-4-2/h25,28,67-68,72-73H,3-24,26-27,29-66H2,1-2H3,(H,71,74)/b28-25-. The van der Waals surface area contributed by atoms with Crippen molar-refractivity contribution < 1.29 is 24.5 Å². The van der Waals surface area contributed by atoms with Gasteiger partial charge in [0.2, 0.25) is 5.91 Å². The third-order valence-electron chi connectivity index (χ3n) is 16.6. The van der Waals surface area contributed by atoms with Gasteiger partial charge in [-0.05, 0) is 51.4 Å². The summed E-state index contributed by atoms with van der Waals surface area (Å²) in [6, 6.07) is -0.545. The molecule has 2 unspecified atom stereocenters. The predicted molar refractivity (Wildman–Crippen MR) is 333 cm³/mol. The maximum absolute atomic E-state index is 12.5. The lowest BCUT2D eigenvalue weighted by atomic mass is 10.0. The van der Waals surface area contributed by atoms with E-state index in [9.17, 15) is 19.8 Å². The third-order valence-corrected chi connectivity index (χ3v) is 16.6. The second kappa shape index (κ2) is 66.1. The lowest BCUT2D eigenvalue weighted by molar-refractivity contribution is -0.143. The van der Waals surface area contributed by atoms with Crippen LogP contribution in [0.25, 0.3) is 0 Å². The molecule has 76 heavy (non-hydrogen) atoms. The van der Waals surface area contributed by atoms with E-state index in [0.29, 0.717) is 25.9 Å². The molecule has 1 amide bonds. The van der Waals surface area contributed by atoms with Crippen molar-refractivity contribution in [1.82, 2.24) is 5.32 Å². The highest BCUT2D eigenvalue weighted by molar-refractivity contribution is 5.76. The van der Waals surface area contributed by atoms with Crippen LogP contribution in [0, 0.1) is 0 Å². The molecule has 0 spiro atoms. The summed E-state index contributed by atoms with van der Waals surface area (Å²) in [6.45, 7) is 4.99. The second-order valence-corrected chi connectivity index (χ2v) is 24.2. The number of carbonyl (C=O) groups is 2. The number of esters is 1. The highest BCUT2D eigenvalue weighted by Crippen LogP contribution is 2.19. The molecule has 0 saturated carbocycles. The van der Waals surface area contributed by atoms with E-state index in [0.717, 1.165) is 38.5 Å². The number of unbranched alkanes of at least 4 members (excludes halogenated alkanes) is 53. The van der Waals surface area contributed by atoms with Gasteiger partial charge in [0.05, 0.1) is 25.4 Å². The molecule has 2 atom stereocenters. The molecular weight excluding hydrogens is 935 g/mol. The van der Waals surface area contributed by atoms with E-state index in [1.54, 1.807) is 0 Å². The summed E-state index contributed by atoms with van der Waals surface area (Å²) in [6.07, 6.45) is 81.1. The summed E-state index contributed by atoms with van der Waals surface area (Å²) in [7, 11) is 0. The molecule has 0 aromatic heterocycles. The third kappa shape index (κ3) is 61.8. The topological polar surface area (TPSA) is 95.9 Å². The molecule has 0 bridgehead atoms. The van der Waals surface area contributed by atoms with Crippen molar-refractivity contribution in [3.05, 3.63) is 12.2 Å².